The molecular weight excluding hydrogens is 132 g/mol. The molecule has 0 radical (unpaired) electrons. The molecule has 0 spiro atoms. The van der Waals surface area contributed by atoms with Crippen molar-refractivity contribution >= 4 is 5.91 Å². The van der Waals surface area contributed by atoms with Crippen LogP contribution in [-0.4, -0.2) is 25.6 Å². The van der Waals surface area contributed by atoms with E-state index in [9.17, 15) is 4.79 Å². The Hall–Kier alpha value is -0.610. The molecule has 1 saturated heterocycles. The first kappa shape index (κ1) is 7.50. The van der Waals surface area contributed by atoms with Gasteiger partial charge in [-0.25, -0.2) is 5.48 Å². The van der Waals surface area contributed by atoms with E-state index in [2.05, 4.69) is 15.6 Å². The molecule has 0 aromatic rings. The largest absolute Gasteiger partial charge is 0.306 e. The summed E-state index contributed by atoms with van der Waals surface area (Å²) in [6.07, 6.45) is 1.98. The average molecular weight is 144 g/mol. The van der Waals surface area contributed by atoms with Crippen LogP contribution in [-0.2, 0) is 9.63 Å². The molecule has 2 N–H and O–H groups in total. The smallest absolute Gasteiger partial charge is 0.260 e. The molecule has 1 aliphatic rings. The van der Waals surface area contributed by atoms with Crippen LogP contribution in [0.25, 0.3) is 0 Å². The molecule has 10 heavy (non-hydrogen) atoms. The lowest BCUT2D eigenvalue weighted by Crippen LogP contribution is -2.39. The van der Waals surface area contributed by atoms with Crippen molar-refractivity contribution in [2.45, 2.75) is 18.9 Å². The van der Waals surface area contributed by atoms with Crippen LogP contribution in [0.5, 0.6) is 0 Å². The summed E-state index contributed by atoms with van der Waals surface area (Å²) in [6, 6.07) is -0.0417. The molecule has 58 valence electrons. The van der Waals surface area contributed by atoms with Crippen molar-refractivity contribution in [3.63, 3.8) is 0 Å². The Morgan fingerprint density at radius 1 is 1.80 bits per heavy atom. The van der Waals surface area contributed by atoms with Crippen molar-refractivity contribution in [3.05, 3.63) is 0 Å². The summed E-state index contributed by atoms with van der Waals surface area (Å²) >= 11 is 0. The molecular formula is C6H12N2O2. The molecule has 0 saturated carbocycles. The fraction of sp³-hybridized carbons (Fsp3) is 0.833. The second-order valence-electron chi connectivity index (χ2n) is 2.32. The minimum absolute atomic E-state index is 0.0417. The SMILES string of the molecule is CONC(=O)C1CCCN1. The van der Waals surface area contributed by atoms with Gasteiger partial charge in [0.1, 0.15) is 0 Å². The second kappa shape index (κ2) is 3.53. The maximum atomic E-state index is 10.9. The highest BCUT2D eigenvalue weighted by atomic mass is 16.6. The maximum absolute atomic E-state index is 10.9. The Morgan fingerprint density at radius 3 is 3.10 bits per heavy atom. The van der Waals surface area contributed by atoms with Crippen molar-refractivity contribution in [3.8, 4) is 0 Å². The lowest BCUT2D eigenvalue weighted by molar-refractivity contribution is -0.133. The summed E-state index contributed by atoms with van der Waals surface area (Å²) < 4.78 is 0. The number of hydroxylamine groups is 1. The van der Waals surface area contributed by atoms with Gasteiger partial charge in [-0.05, 0) is 19.4 Å². The van der Waals surface area contributed by atoms with Crippen molar-refractivity contribution in [2.75, 3.05) is 13.7 Å². The lowest BCUT2D eigenvalue weighted by atomic mass is 10.2. The van der Waals surface area contributed by atoms with Crippen LogP contribution in [0.3, 0.4) is 0 Å². The van der Waals surface area contributed by atoms with Gasteiger partial charge in [0.05, 0.1) is 13.2 Å². The van der Waals surface area contributed by atoms with Gasteiger partial charge < -0.3 is 5.32 Å². The third-order valence-electron chi connectivity index (χ3n) is 1.58. The molecule has 1 atom stereocenters. The molecule has 1 fully saturated rings. The summed E-state index contributed by atoms with van der Waals surface area (Å²) in [5.41, 5.74) is 2.29. The number of hydrogen-bond donors (Lipinski definition) is 2. The molecule has 0 bridgehead atoms. The van der Waals surface area contributed by atoms with Crippen LogP contribution in [0.4, 0.5) is 0 Å². The van der Waals surface area contributed by atoms with Gasteiger partial charge in [0, 0.05) is 0 Å². The monoisotopic (exact) mass is 144 g/mol. The van der Waals surface area contributed by atoms with E-state index < -0.39 is 0 Å². The van der Waals surface area contributed by atoms with E-state index >= 15 is 0 Å². The normalized spacial score (nSPS) is 24.7. The first-order chi connectivity index (χ1) is 4.84. The van der Waals surface area contributed by atoms with Crippen molar-refractivity contribution in [2.24, 2.45) is 0 Å². The van der Waals surface area contributed by atoms with Crippen LogP contribution in [0, 0.1) is 0 Å². The van der Waals surface area contributed by atoms with E-state index in [-0.39, 0.29) is 11.9 Å². The van der Waals surface area contributed by atoms with Gasteiger partial charge in [-0.15, -0.1) is 0 Å². The van der Waals surface area contributed by atoms with Crippen molar-refractivity contribution < 1.29 is 9.63 Å². The van der Waals surface area contributed by atoms with E-state index in [0.29, 0.717) is 0 Å². The van der Waals surface area contributed by atoms with E-state index in [1.54, 1.807) is 0 Å². The number of hydrogen-bond acceptors (Lipinski definition) is 3. The topological polar surface area (TPSA) is 50.4 Å². The van der Waals surface area contributed by atoms with Gasteiger partial charge in [0.15, 0.2) is 0 Å². The van der Waals surface area contributed by atoms with Gasteiger partial charge in [-0.2, -0.15) is 0 Å². The first-order valence-electron chi connectivity index (χ1n) is 3.41. The molecule has 1 aliphatic heterocycles. The fourth-order valence-corrected chi connectivity index (χ4v) is 1.08. The predicted octanol–water partition coefficient (Wildman–Crippen LogP) is -0.584. The van der Waals surface area contributed by atoms with Gasteiger partial charge in [-0.1, -0.05) is 0 Å². The summed E-state index contributed by atoms with van der Waals surface area (Å²) in [7, 11) is 1.44. The third kappa shape index (κ3) is 1.68. The van der Waals surface area contributed by atoms with Crippen molar-refractivity contribution in [1.82, 2.24) is 10.8 Å². The predicted molar refractivity (Wildman–Crippen MR) is 36.2 cm³/mol. The molecule has 0 aliphatic carbocycles. The number of rotatable bonds is 2. The van der Waals surface area contributed by atoms with Crippen molar-refractivity contribution in [1.29, 1.82) is 0 Å². The summed E-state index contributed by atoms with van der Waals surface area (Å²) in [4.78, 5) is 15.4. The molecule has 0 aromatic carbocycles. The van der Waals surface area contributed by atoms with Gasteiger partial charge >= 0.3 is 0 Å². The Bertz CT molecular complexity index is 121. The highest BCUT2D eigenvalue weighted by Crippen LogP contribution is 2.03. The lowest BCUT2D eigenvalue weighted by Gasteiger charge is -2.07. The fourth-order valence-electron chi connectivity index (χ4n) is 1.08. The molecule has 1 rings (SSSR count). The van der Waals surface area contributed by atoms with Crippen LogP contribution in [0.1, 0.15) is 12.8 Å². The number of nitrogens with one attached hydrogen (secondary N) is 2. The van der Waals surface area contributed by atoms with Crippen LogP contribution in [0.2, 0.25) is 0 Å². The average Bonchev–Trinajstić information content (AvgIpc) is 2.38. The highest BCUT2D eigenvalue weighted by molar-refractivity contribution is 5.80. The Morgan fingerprint density at radius 2 is 2.60 bits per heavy atom. The Balaban J connectivity index is 2.25. The molecule has 4 nitrogen and oxygen atoms in total. The summed E-state index contributed by atoms with van der Waals surface area (Å²) in [5.74, 6) is -0.0694. The zero-order valence-corrected chi connectivity index (χ0v) is 6.02. The quantitative estimate of drug-likeness (QED) is 0.510. The minimum atomic E-state index is -0.0694. The van der Waals surface area contributed by atoms with Crippen LogP contribution in [0.15, 0.2) is 0 Å². The van der Waals surface area contributed by atoms with E-state index in [0.717, 1.165) is 19.4 Å². The van der Waals surface area contributed by atoms with Crippen LogP contribution < -0.4 is 10.8 Å². The zero-order valence-electron chi connectivity index (χ0n) is 6.02. The highest BCUT2D eigenvalue weighted by Gasteiger charge is 2.21. The maximum Gasteiger partial charge on any atom is 0.260 e. The molecule has 1 heterocycles. The third-order valence-corrected chi connectivity index (χ3v) is 1.58. The molecule has 1 unspecified atom stereocenters. The Labute approximate surface area is 59.9 Å². The van der Waals surface area contributed by atoms with Gasteiger partial charge in [-0.3, -0.25) is 9.63 Å². The second-order valence-corrected chi connectivity index (χ2v) is 2.32. The van der Waals surface area contributed by atoms with Gasteiger partial charge in [0.2, 0.25) is 0 Å². The minimum Gasteiger partial charge on any atom is -0.306 e. The Kier molecular flexibility index (Phi) is 2.65. The van der Waals surface area contributed by atoms with E-state index in [1.165, 1.54) is 7.11 Å². The zero-order chi connectivity index (χ0) is 7.40. The van der Waals surface area contributed by atoms with E-state index in [4.69, 9.17) is 0 Å². The molecule has 0 aromatic heterocycles. The molecule has 4 heteroatoms. The van der Waals surface area contributed by atoms with E-state index in [1.807, 2.05) is 0 Å². The first-order valence-corrected chi connectivity index (χ1v) is 3.41. The summed E-state index contributed by atoms with van der Waals surface area (Å²) in [5, 5.41) is 3.05. The number of amides is 1. The molecule has 1 amide bonds. The summed E-state index contributed by atoms with van der Waals surface area (Å²) in [6.45, 7) is 0.932. The number of carbonyl (C=O) groups is 1. The standard InChI is InChI=1S/C6H12N2O2/c1-10-8-6(9)5-3-2-4-7-5/h5,7H,2-4H2,1H3,(H,8,9). The van der Waals surface area contributed by atoms with Gasteiger partial charge in [0.25, 0.3) is 5.91 Å². The number of carbonyl (C=O) groups excluding carboxylic acids is 1. The van der Waals surface area contributed by atoms with Crippen LogP contribution >= 0.6 is 0 Å².